The number of aromatic nitrogens is 1. The third kappa shape index (κ3) is 4.38. The number of hydrogen-bond acceptors (Lipinski definition) is 5. The summed E-state index contributed by atoms with van der Waals surface area (Å²) in [6.45, 7) is -1.13. The van der Waals surface area contributed by atoms with Crippen LogP contribution in [0.5, 0.6) is 5.75 Å². The van der Waals surface area contributed by atoms with Crippen molar-refractivity contribution in [3.63, 3.8) is 0 Å². The van der Waals surface area contributed by atoms with Crippen LogP contribution in [0.15, 0.2) is 23.5 Å². The van der Waals surface area contributed by atoms with Crippen molar-refractivity contribution in [2.24, 2.45) is 10.7 Å². The van der Waals surface area contributed by atoms with Crippen LogP contribution in [-0.2, 0) is 0 Å². The third-order valence-corrected chi connectivity index (χ3v) is 3.54. The number of allylic oxidation sites excluding steroid dienone is 1. The minimum atomic E-state index is -2.96. The minimum Gasteiger partial charge on any atom is -0.434 e. The number of ether oxygens (including phenoxy) is 1. The van der Waals surface area contributed by atoms with Gasteiger partial charge in [-0.1, -0.05) is 11.6 Å². The molecule has 120 valence electrons. The second kappa shape index (κ2) is 7.51. The number of nitrogens with two attached hydrogens (primary N) is 1. The Kier molecular flexibility index (Phi) is 5.68. The predicted octanol–water partition coefficient (Wildman–Crippen LogP) is 2.41. The highest BCUT2D eigenvalue weighted by molar-refractivity contribution is 6.29. The highest BCUT2D eigenvalue weighted by Crippen LogP contribution is 2.28. The zero-order valence-corrected chi connectivity index (χ0v) is 12.8. The minimum absolute atomic E-state index is 0.0603. The normalized spacial score (nSPS) is 20.2. The molecule has 0 bridgehead atoms. The van der Waals surface area contributed by atoms with E-state index in [0.717, 1.165) is 19.5 Å². The van der Waals surface area contributed by atoms with Crippen LogP contribution in [0, 0.1) is 0 Å². The standard InChI is InChI=1S/C14H17ClF2N4O/c1-21-3-2-10(8-21)19-6-9(5-18)11-7-20-13(15)4-12(11)22-14(16)17/h4-7,10,14H,2-3,8,18H2,1H3/b9-5+,19-6?. The Morgan fingerprint density at radius 3 is 3.00 bits per heavy atom. The molecule has 0 aromatic carbocycles. The molecule has 2 rings (SSSR count). The van der Waals surface area contributed by atoms with E-state index >= 15 is 0 Å². The summed E-state index contributed by atoms with van der Waals surface area (Å²) in [4.78, 5) is 10.5. The number of alkyl halides is 2. The van der Waals surface area contributed by atoms with Crippen molar-refractivity contribution in [2.45, 2.75) is 19.1 Å². The SMILES string of the molecule is CN1CCC(N=C/C(=C\N)c2cnc(Cl)cc2OC(F)F)C1. The van der Waals surface area contributed by atoms with Gasteiger partial charge in [0.25, 0.3) is 0 Å². The Morgan fingerprint density at radius 1 is 1.64 bits per heavy atom. The molecule has 0 saturated carbocycles. The van der Waals surface area contributed by atoms with Gasteiger partial charge in [-0.05, 0) is 20.0 Å². The van der Waals surface area contributed by atoms with E-state index in [4.69, 9.17) is 17.3 Å². The van der Waals surface area contributed by atoms with Gasteiger partial charge in [0.05, 0.1) is 6.04 Å². The fraction of sp³-hybridized carbons (Fsp3) is 0.429. The molecule has 2 heterocycles. The fourth-order valence-electron chi connectivity index (χ4n) is 2.24. The first-order chi connectivity index (χ1) is 10.5. The fourth-order valence-corrected chi connectivity index (χ4v) is 2.39. The molecular weight excluding hydrogens is 314 g/mol. The second-order valence-corrected chi connectivity index (χ2v) is 5.37. The third-order valence-electron chi connectivity index (χ3n) is 3.33. The predicted molar refractivity (Wildman–Crippen MR) is 82.4 cm³/mol. The van der Waals surface area contributed by atoms with Crippen LogP contribution < -0.4 is 10.5 Å². The lowest BCUT2D eigenvalue weighted by atomic mass is 10.1. The summed E-state index contributed by atoms with van der Waals surface area (Å²) in [5, 5.41) is 0.0603. The van der Waals surface area contributed by atoms with Gasteiger partial charge in [0.15, 0.2) is 0 Å². The van der Waals surface area contributed by atoms with Crippen LogP contribution in [0.2, 0.25) is 5.15 Å². The van der Waals surface area contributed by atoms with Gasteiger partial charge in [-0.25, -0.2) is 4.98 Å². The number of pyridine rings is 1. The maximum Gasteiger partial charge on any atom is 0.387 e. The van der Waals surface area contributed by atoms with E-state index < -0.39 is 6.61 Å². The maximum absolute atomic E-state index is 12.5. The van der Waals surface area contributed by atoms with Gasteiger partial charge in [0.1, 0.15) is 10.9 Å². The number of likely N-dealkylation sites (N-methyl/N-ethyl adjacent to an activating group) is 1. The lowest BCUT2D eigenvalue weighted by Gasteiger charge is -2.11. The zero-order chi connectivity index (χ0) is 16.1. The molecule has 1 aliphatic rings. The molecule has 1 aromatic rings. The summed E-state index contributed by atoms with van der Waals surface area (Å²) in [6.07, 6.45) is 5.13. The zero-order valence-electron chi connectivity index (χ0n) is 12.0. The van der Waals surface area contributed by atoms with Crippen LogP contribution in [0.3, 0.4) is 0 Å². The Balaban J connectivity index is 2.22. The maximum atomic E-state index is 12.5. The molecule has 0 spiro atoms. The number of aliphatic imine (C=N–C) groups is 1. The first-order valence-corrected chi connectivity index (χ1v) is 7.11. The molecule has 1 aliphatic heterocycles. The molecular formula is C14H17ClF2N4O. The van der Waals surface area contributed by atoms with Crippen molar-refractivity contribution in [1.29, 1.82) is 0 Å². The number of likely N-dealkylation sites (tertiary alicyclic amines) is 1. The summed E-state index contributed by atoms with van der Waals surface area (Å²) >= 11 is 5.72. The van der Waals surface area contributed by atoms with Crippen molar-refractivity contribution < 1.29 is 13.5 Å². The van der Waals surface area contributed by atoms with Crippen LogP contribution >= 0.6 is 11.6 Å². The molecule has 0 radical (unpaired) electrons. The van der Waals surface area contributed by atoms with Crippen molar-refractivity contribution in [1.82, 2.24) is 9.88 Å². The second-order valence-electron chi connectivity index (χ2n) is 4.99. The molecule has 5 nitrogen and oxygen atoms in total. The topological polar surface area (TPSA) is 63.7 Å². The van der Waals surface area contributed by atoms with Crippen LogP contribution in [-0.4, -0.2) is 48.9 Å². The molecule has 22 heavy (non-hydrogen) atoms. The highest BCUT2D eigenvalue weighted by atomic mass is 35.5. The van der Waals surface area contributed by atoms with Gasteiger partial charge in [0.2, 0.25) is 0 Å². The van der Waals surface area contributed by atoms with E-state index in [-0.39, 0.29) is 16.9 Å². The van der Waals surface area contributed by atoms with Crippen LogP contribution in [0.25, 0.3) is 5.57 Å². The number of halogens is 3. The van der Waals surface area contributed by atoms with Crippen molar-refractivity contribution >= 4 is 23.4 Å². The smallest absolute Gasteiger partial charge is 0.387 e. The number of nitrogens with zero attached hydrogens (tertiary/aromatic N) is 3. The molecule has 1 unspecified atom stereocenters. The lowest BCUT2D eigenvalue weighted by molar-refractivity contribution is -0.0500. The average Bonchev–Trinajstić information content (AvgIpc) is 2.86. The molecule has 1 aromatic heterocycles. The summed E-state index contributed by atoms with van der Waals surface area (Å²) in [7, 11) is 2.02. The van der Waals surface area contributed by atoms with E-state index in [1.54, 1.807) is 6.21 Å². The Bertz CT molecular complexity index is 580. The Hall–Kier alpha value is -1.73. The molecule has 8 heteroatoms. The van der Waals surface area contributed by atoms with E-state index in [9.17, 15) is 8.78 Å². The van der Waals surface area contributed by atoms with E-state index in [1.807, 2.05) is 7.05 Å². The average molecular weight is 331 g/mol. The summed E-state index contributed by atoms with van der Waals surface area (Å²) in [6, 6.07) is 1.39. The van der Waals surface area contributed by atoms with Gasteiger partial charge >= 0.3 is 6.61 Å². The van der Waals surface area contributed by atoms with Crippen molar-refractivity contribution in [3.05, 3.63) is 29.2 Å². The molecule has 0 aliphatic carbocycles. The lowest BCUT2D eigenvalue weighted by Crippen LogP contribution is -2.15. The molecule has 1 saturated heterocycles. The monoisotopic (exact) mass is 330 g/mol. The van der Waals surface area contributed by atoms with Gasteiger partial charge in [-0.15, -0.1) is 0 Å². The van der Waals surface area contributed by atoms with Gasteiger partial charge < -0.3 is 15.4 Å². The van der Waals surface area contributed by atoms with E-state index in [1.165, 1.54) is 18.5 Å². The molecule has 0 amide bonds. The Labute approximate surface area is 132 Å². The van der Waals surface area contributed by atoms with Crippen LogP contribution in [0.4, 0.5) is 8.78 Å². The first kappa shape index (κ1) is 16.6. The quantitative estimate of drug-likeness (QED) is 0.665. The summed E-state index contributed by atoms with van der Waals surface area (Å²) in [5.74, 6) is -0.0818. The van der Waals surface area contributed by atoms with Crippen molar-refractivity contribution in [3.8, 4) is 5.75 Å². The van der Waals surface area contributed by atoms with Gasteiger partial charge in [0, 0.05) is 42.4 Å². The van der Waals surface area contributed by atoms with E-state index in [2.05, 4.69) is 19.6 Å². The largest absolute Gasteiger partial charge is 0.434 e. The molecule has 1 fully saturated rings. The highest BCUT2D eigenvalue weighted by Gasteiger charge is 2.18. The van der Waals surface area contributed by atoms with Gasteiger partial charge in [-0.2, -0.15) is 8.78 Å². The van der Waals surface area contributed by atoms with Crippen LogP contribution in [0.1, 0.15) is 12.0 Å². The van der Waals surface area contributed by atoms with Gasteiger partial charge in [-0.3, -0.25) is 4.99 Å². The number of rotatable bonds is 5. The van der Waals surface area contributed by atoms with E-state index in [0.29, 0.717) is 11.1 Å². The summed E-state index contributed by atoms with van der Waals surface area (Å²) < 4.78 is 29.5. The summed E-state index contributed by atoms with van der Waals surface area (Å²) in [5.41, 5.74) is 6.36. The first-order valence-electron chi connectivity index (χ1n) is 6.74. The number of hydrogen-bond donors (Lipinski definition) is 1. The van der Waals surface area contributed by atoms with Crippen molar-refractivity contribution in [2.75, 3.05) is 20.1 Å². The Morgan fingerprint density at radius 2 is 2.41 bits per heavy atom. The molecule has 1 atom stereocenters. The molecule has 2 N–H and O–H groups in total.